The smallest absolute Gasteiger partial charge is 0.164 e. The summed E-state index contributed by atoms with van der Waals surface area (Å²) in [4.78, 5) is 16.4. The lowest BCUT2D eigenvalue weighted by Crippen LogP contribution is -2.42. The predicted molar refractivity (Wildman–Crippen MR) is 111 cm³/mol. The lowest BCUT2D eigenvalue weighted by Gasteiger charge is -2.32. The lowest BCUT2D eigenvalue weighted by molar-refractivity contribution is -0.0543. The molecule has 0 spiro atoms. The van der Waals surface area contributed by atoms with E-state index in [1.165, 1.54) is 23.3 Å². The van der Waals surface area contributed by atoms with Crippen LogP contribution in [0.3, 0.4) is 0 Å². The van der Waals surface area contributed by atoms with Crippen LogP contribution in [0.25, 0.3) is 21.6 Å². The van der Waals surface area contributed by atoms with Crippen LogP contribution < -0.4 is 5.32 Å². The summed E-state index contributed by atoms with van der Waals surface area (Å²) < 4.78 is 5.41. The van der Waals surface area contributed by atoms with Crippen molar-refractivity contribution >= 4 is 27.4 Å². The van der Waals surface area contributed by atoms with Gasteiger partial charge in [-0.1, -0.05) is 0 Å². The monoisotopic (exact) mass is 396 g/mol. The fraction of sp³-hybridized carbons (Fsp3) is 0.476. The minimum absolute atomic E-state index is 0.472. The molecule has 0 atom stereocenters. The molecule has 1 aliphatic heterocycles. The second-order valence-electron chi connectivity index (χ2n) is 7.72. The summed E-state index contributed by atoms with van der Waals surface area (Å²) in [5, 5.41) is 15.5. The third kappa shape index (κ3) is 3.38. The number of fused-ring (bicyclic) bond motifs is 3. The molecular weight excluding hydrogens is 372 g/mol. The summed E-state index contributed by atoms with van der Waals surface area (Å²) in [7, 11) is 0. The van der Waals surface area contributed by atoms with E-state index in [9.17, 15) is 5.11 Å². The van der Waals surface area contributed by atoms with Gasteiger partial charge in [-0.05, 0) is 43.4 Å². The lowest BCUT2D eigenvalue weighted by atomic mass is 9.94. The van der Waals surface area contributed by atoms with Crippen LogP contribution in [0.5, 0.6) is 0 Å². The van der Waals surface area contributed by atoms with E-state index in [2.05, 4.69) is 10.3 Å². The highest BCUT2D eigenvalue weighted by atomic mass is 32.1. The van der Waals surface area contributed by atoms with Gasteiger partial charge >= 0.3 is 0 Å². The van der Waals surface area contributed by atoms with Gasteiger partial charge in [0.1, 0.15) is 10.6 Å². The van der Waals surface area contributed by atoms with E-state index in [-0.39, 0.29) is 0 Å². The normalized spacial score (nSPS) is 18.8. The van der Waals surface area contributed by atoms with Crippen LogP contribution in [0.4, 0.5) is 5.82 Å². The van der Waals surface area contributed by atoms with Gasteiger partial charge in [-0.15, -0.1) is 11.3 Å². The third-order valence-electron chi connectivity index (χ3n) is 5.74. The standard InChI is InChI=1S/C21H24N4O2S/c26-21(7-10-27-11-8-21)13-23-19-17-15-5-1-2-6-16(15)28-20(17)25-18(24-19)14-4-3-9-22-12-14/h3-4,9,12,26H,1-2,5-8,10-11,13H2,(H,23,24,25). The number of pyridine rings is 1. The Balaban J connectivity index is 1.57. The Labute approximate surface area is 168 Å². The number of aliphatic hydroxyl groups is 1. The van der Waals surface area contributed by atoms with Crippen molar-refractivity contribution in [3.63, 3.8) is 0 Å². The highest BCUT2D eigenvalue weighted by Gasteiger charge is 2.30. The molecule has 0 amide bonds. The number of hydrogen-bond acceptors (Lipinski definition) is 7. The largest absolute Gasteiger partial charge is 0.388 e. The molecule has 28 heavy (non-hydrogen) atoms. The number of anilines is 1. The quantitative estimate of drug-likeness (QED) is 0.702. The van der Waals surface area contributed by atoms with Crippen LogP contribution in [-0.4, -0.2) is 45.4 Å². The fourth-order valence-corrected chi connectivity index (χ4v) is 5.35. The summed E-state index contributed by atoms with van der Waals surface area (Å²) in [6, 6.07) is 3.89. The Morgan fingerprint density at radius 3 is 2.86 bits per heavy atom. The van der Waals surface area contributed by atoms with Gasteiger partial charge in [0.25, 0.3) is 0 Å². The number of hydrogen-bond donors (Lipinski definition) is 2. The molecule has 3 aromatic heterocycles. The number of aryl methyl sites for hydroxylation is 2. The van der Waals surface area contributed by atoms with Gasteiger partial charge in [-0.2, -0.15) is 0 Å². The van der Waals surface area contributed by atoms with E-state index < -0.39 is 5.60 Å². The number of aromatic nitrogens is 3. The molecule has 2 aliphatic rings. The Morgan fingerprint density at radius 2 is 2.04 bits per heavy atom. The Bertz CT molecular complexity index is 983. The van der Waals surface area contributed by atoms with E-state index in [0.29, 0.717) is 38.4 Å². The molecule has 2 N–H and O–H groups in total. The van der Waals surface area contributed by atoms with Gasteiger partial charge in [-0.25, -0.2) is 9.97 Å². The molecule has 1 fully saturated rings. The average molecular weight is 397 g/mol. The number of nitrogens with zero attached hydrogens (tertiary/aromatic N) is 3. The zero-order valence-electron chi connectivity index (χ0n) is 15.8. The van der Waals surface area contributed by atoms with Crippen LogP contribution in [0.2, 0.25) is 0 Å². The van der Waals surface area contributed by atoms with Crippen molar-refractivity contribution in [2.24, 2.45) is 0 Å². The van der Waals surface area contributed by atoms with Crippen LogP contribution in [0.15, 0.2) is 24.5 Å². The van der Waals surface area contributed by atoms with Gasteiger partial charge in [-0.3, -0.25) is 4.98 Å². The van der Waals surface area contributed by atoms with E-state index in [1.807, 2.05) is 12.1 Å². The molecule has 5 rings (SSSR count). The van der Waals surface area contributed by atoms with Gasteiger partial charge in [0.2, 0.25) is 0 Å². The first-order chi connectivity index (χ1) is 13.7. The molecule has 7 heteroatoms. The van der Waals surface area contributed by atoms with Crippen molar-refractivity contribution in [2.45, 2.75) is 44.1 Å². The highest BCUT2D eigenvalue weighted by Crippen LogP contribution is 2.39. The maximum atomic E-state index is 10.9. The predicted octanol–water partition coefficient (Wildman–Crippen LogP) is 3.59. The first kappa shape index (κ1) is 18.0. The summed E-state index contributed by atoms with van der Waals surface area (Å²) in [5.74, 6) is 1.52. The molecule has 0 radical (unpaired) electrons. The van der Waals surface area contributed by atoms with Crippen molar-refractivity contribution < 1.29 is 9.84 Å². The van der Waals surface area contributed by atoms with Gasteiger partial charge < -0.3 is 15.2 Å². The van der Waals surface area contributed by atoms with Crippen LogP contribution in [-0.2, 0) is 17.6 Å². The van der Waals surface area contributed by atoms with E-state index in [1.54, 1.807) is 23.7 Å². The van der Waals surface area contributed by atoms with Crippen molar-refractivity contribution in [1.29, 1.82) is 0 Å². The number of rotatable bonds is 4. The molecule has 3 aromatic rings. The molecule has 1 aliphatic carbocycles. The topological polar surface area (TPSA) is 80.2 Å². The van der Waals surface area contributed by atoms with Crippen molar-refractivity contribution in [3.05, 3.63) is 35.0 Å². The van der Waals surface area contributed by atoms with Crippen molar-refractivity contribution in [3.8, 4) is 11.4 Å². The summed E-state index contributed by atoms with van der Waals surface area (Å²) in [5.41, 5.74) is 1.55. The molecule has 0 saturated carbocycles. The fourth-order valence-electron chi connectivity index (χ4n) is 4.09. The summed E-state index contributed by atoms with van der Waals surface area (Å²) in [6.07, 6.45) is 9.50. The zero-order chi connectivity index (χ0) is 19.0. The maximum absolute atomic E-state index is 10.9. The van der Waals surface area contributed by atoms with Crippen LogP contribution >= 0.6 is 11.3 Å². The van der Waals surface area contributed by atoms with Crippen LogP contribution in [0.1, 0.15) is 36.1 Å². The maximum Gasteiger partial charge on any atom is 0.164 e. The van der Waals surface area contributed by atoms with Gasteiger partial charge in [0, 0.05) is 55.4 Å². The minimum Gasteiger partial charge on any atom is -0.388 e. The zero-order valence-corrected chi connectivity index (χ0v) is 16.6. The first-order valence-electron chi connectivity index (χ1n) is 9.99. The van der Waals surface area contributed by atoms with Crippen LogP contribution in [0, 0.1) is 0 Å². The number of thiophene rings is 1. The molecule has 0 bridgehead atoms. The molecule has 0 unspecified atom stereocenters. The Morgan fingerprint density at radius 1 is 1.18 bits per heavy atom. The minimum atomic E-state index is -0.750. The molecular formula is C21H24N4O2S. The van der Waals surface area contributed by atoms with Gasteiger partial charge in [0.05, 0.1) is 11.0 Å². The number of ether oxygens (including phenoxy) is 1. The summed E-state index contributed by atoms with van der Waals surface area (Å²) >= 11 is 1.79. The molecule has 4 heterocycles. The highest BCUT2D eigenvalue weighted by molar-refractivity contribution is 7.19. The van der Waals surface area contributed by atoms with Crippen molar-refractivity contribution in [1.82, 2.24) is 15.0 Å². The van der Waals surface area contributed by atoms with Crippen molar-refractivity contribution in [2.75, 3.05) is 25.1 Å². The molecule has 6 nitrogen and oxygen atoms in total. The number of nitrogens with one attached hydrogen (secondary N) is 1. The van der Waals surface area contributed by atoms with E-state index in [4.69, 9.17) is 14.7 Å². The Hall–Kier alpha value is -2.09. The van der Waals surface area contributed by atoms with Gasteiger partial charge in [0.15, 0.2) is 5.82 Å². The molecule has 1 saturated heterocycles. The molecule has 146 valence electrons. The SMILES string of the molecule is OC1(CNc2nc(-c3cccnc3)nc3sc4c(c23)CCCC4)CCOCC1. The third-order valence-corrected chi connectivity index (χ3v) is 6.93. The second kappa shape index (κ2) is 7.39. The summed E-state index contributed by atoms with van der Waals surface area (Å²) in [6.45, 7) is 1.68. The first-order valence-corrected chi connectivity index (χ1v) is 10.8. The average Bonchev–Trinajstić information content (AvgIpc) is 3.12. The molecule has 0 aromatic carbocycles. The van der Waals surface area contributed by atoms with E-state index in [0.717, 1.165) is 34.4 Å². The Kier molecular flexibility index (Phi) is 4.74. The second-order valence-corrected chi connectivity index (χ2v) is 8.80. The van der Waals surface area contributed by atoms with E-state index >= 15 is 0 Å².